The fourth-order valence-electron chi connectivity index (χ4n) is 4.37. The van der Waals surface area contributed by atoms with Crippen molar-refractivity contribution < 1.29 is 0 Å². The molecule has 0 spiro atoms. The van der Waals surface area contributed by atoms with Crippen molar-refractivity contribution in [1.29, 1.82) is 0 Å². The molecule has 0 amide bonds. The van der Waals surface area contributed by atoms with Crippen molar-refractivity contribution in [2.75, 3.05) is 13.1 Å². The Morgan fingerprint density at radius 2 is 1.80 bits per heavy atom. The molecule has 7 heteroatoms. The molecule has 2 aromatic heterocycles. The van der Waals surface area contributed by atoms with Crippen LogP contribution in [0.4, 0.5) is 0 Å². The van der Waals surface area contributed by atoms with E-state index in [9.17, 15) is 4.79 Å². The zero-order valence-electron chi connectivity index (χ0n) is 17.3. The van der Waals surface area contributed by atoms with Crippen molar-refractivity contribution >= 4 is 28.9 Å². The summed E-state index contributed by atoms with van der Waals surface area (Å²) in [5.74, 6) is 0.564. The third kappa shape index (κ3) is 3.09. The number of para-hydroxylation sites is 1. The van der Waals surface area contributed by atoms with Crippen molar-refractivity contribution in [2.24, 2.45) is 0 Å². The monoisotopic (exact) mass is 419 g/mol. The highest BCUT2D eigenvalue weighted by Crippen LogP contribution is 2.21. The van der Waals surface area contributed by atoms with E-state index in [1.807, 2.05) is 59.3 Å². The average molecular weight is 420 g/mol. The highest BCUT2D eigenvalue weighted by Gasteiger charge is 2.19. The number of aryl methyl sites for hydroxylation is 2. The highest BCUT2D eigenvalue weighted by molar-refractivity contribution is 7.71. The smallest absolute Gasteiger partial charge is 0.267 e. The maximum Gasteiger partial charge on any atom is 0.267 e. The van der Waals surface area contributed by atoms with E-state index in [1.54, 1.807) is 4.57 Å². The maximum absolute atomic E-state index is 13.6. The molecule has 1 aliphatic heterocycles. The number of likely N-dealkylation sites (tertiary alicyclic amines) is 1. The zero-order chi connectivity index (χ0) is 20.8. The molecule has 0 atom stereocenters. The number of benzene rings is 2. The van der Waals surface area contributed by atoms with Gasteiger partial charge in [-0.2, -0.15) is 0 Å². The van der Waals surface area contributed by atoms with E-state index in [0.29, 0.717) is 22.6 Å². The van der Waals surface area contributed by atoms with Gasteiger partial charge in [-0.05, 0) is 81.3 Å². The average Bonchev–Trinajstić information content (AvgIpc) is 3.07. The van der Waals surface area contributed by atoms with Gasteiger partial charge in [-0.25, -0.2) is 9.25 Å². The molecule has 5 rings (SSSR count). The summed E-state index contributed by atoms with van der Waals surface area (Å²) in [5, 5.41) is 5.50. The molecule has 3 heterocycles. The number of fused-ring (bicyclic) bond motifs is 3. The topological polar surface area (TPSA) is 47.5 Å². The van der Waals surface area contributed by atoms with E-state index in [4.69, 9.17) is 17.3 Å². The fourth-order valence-corrected chi connectivity index (χ4v) is 4.65. The molecule has 6 nitrogen and oxygen atoms in total. The summed E-state index contributed by atoms with van der Waals surface area (Å²) in [6, 6.07) is 13.8. The summed E-state index contributed by atoms with van der Waals surface area (Å²) in [7, 11) is 0. The second kappa shape index (κ2) is 7.49. The Kier molecular flexibility index (Phi) is 4.79. The van der Waals surface area contributed by atoms with Crippen LogP contribution in [0.1, 0.15) is 30.4 Å². The van der Waals surface area contributed by atoms with E-state index < -0.39 is 0 Å². The molecule has 0 N–H and O–H groups in total. The zero-order valence-corrected chi connectivity index (χ0v) is 18.2. The molecule has 4 aromatic rings. The standard InChI is InChI=1S/C23H25N5OS/c1-16-10-11-17(2)20(14-16)27-21(29)18-8-4-5-9-19(18)28-22(27)24-26(23(28)30)15-25-12-6-3-7-13-25/h4-5,8-11,14H,3,6-7,12-13,15H2,1-2H3. The van der Waals surface area contributed by atoms with Gasteiger partial charge >= 0.3 is 0 Å². The number of aromatic nitrogens is 4. The molecule has 1 aliphatic rings. The first-order valence-corrected chi connectivity index (χ1v) is 10.9. The Morgan fingerprint density at radius 3 is 2.60 bits per heavy atom. The third-order valence-corrected chi connectivity index (χ3v) is 6.38. The van der Waals surface area contributed by atoms with E-state index >= 15 is 0 Å². The van der Waals surface area contributed by atoms with Gasteiger partial charge in [-0.3, -0.25) is 14.1 Å². The lowest BCUT2D eigenvalue weighted by Gasteiger charge is -2.25. The van der Waals surface area contributed by atoms with Crippen molar-refractivity contribution in [1.82, 2.24) is 23.6 Å². The molecule has 1 saturated heterocycles. The van der Waals surface area contributed by atoms with Crippen LogP contribution in [-0.4, -0.2) is 36.7 Å². The largest absolute Gasteiger partial charge is 0.284 e. The summed E-state index contributed by atoms with van der Waals surface area (Å²) in [4.78, 5) is 16.0. The highest BCUT2D eigenvalue weighted by atomic mass is 32.1. The molecule has 1 fully saturated rings. The summed E-state index contributed by atoms with van der Waals surface area (Å²) in [6.45, 7) is 6.81. The molecule has 154 valence electrons. The van der Waals surface area contributed by atoms with Gasteiger partial charge in [0.15, 0.2) is 0 Å². The van der Waals surface area contributed by atoms with E-state index in [0.717, 1.165) is 35.4 Å². The van der Waals surface area contributed by atoms with Gasteiger partial charge in [-0.15, -0.1) is 5.10 Å². The van der Waals surface area contributed by atoms with Crippen LogP contribution in [-0.2, 0) is 6.67 Å². The van der Waals surface area contributed by atoms with Gasteiger partial charge in [0.2, 0.25) is 10.5 Å². The summed E-state index contributed by atoms with van der Waals surface area (Å²) in [5.41, 5.74) is 3.70. The van der Waals surface area contributed by atoms with Crippen LogP contribution in [0.2, 0.25) is 0 Å². The third-order valence-electron chi connectivity index (χ3n) is 5.99. The van der Waals surface area contributed by atoms with Gasteiger partial charge in [0.25, 0.3) is 5.56 Å². The van der Waals surface area contributed by atoms with Crippen LogP contribution < -0.4 is 5.56 Å². The predicted molar refractivity (Wildman–Crippen MR) is 122 cm³/mol. The van der Waals surface area contributed by atoms with Gasteiger partial charge in [0, 0.05) is 0 Å². The van der Waals surface area contributed by atoms with Gasteiger partial charge in [0.1, 0.15) is 0 Å². The molecule has 0 aliphatic carbocycles. The second-order valence-corrected chi connectivity index (χ2v) is 8.55. The molecule has 0 bridgehead atoms. The fraction of sp³-hybridized carbons (Fsp3) is 0.348. The number of piperidine rings is 1. The van der Waals surface area contributed by atoms with Crippen molar-refractivity contribution in [3.05, 3.63) is 68.7 Å². The quantitative estimate of drug-likeness (QED) is 0.466. The molecule has 30 heavy (non-hydrogen) atoms. The van der Waals surface area contributed by atoms with Crippen molar-refractivity contribution in [3.63, 3.8) is 0 Å². The van der Waals surface area contributed by atoms with Gasteiger partial charge in [0.05, 0.1) is 23.3 Å². The first-order chi connectivity index (χ1) is 14.5. The molecule has 0 unspecified atom stereocenters. The second-order valence-electron chi connectivity index (χ2n) is 8.19. The number of hydrogen-bond acceptors (Lipinski definition) is 4. The first kappa shape index (κ1) is 19.2. The maximum atomic E-state index is 13.6. The van der Waals surface area contributed by atoms with Crippen LogP contribution in [0.3, 0.4) is 0 Å². The normalized spacial score (nSPS) is 15.3. The van der Waals surface area contributed by atoms with Crippen LogP contribution in [0.25, 0.3) is 22.4 Å². The molecule has 0 saturated carbocycles. The molecular formula is C23H25N5OS. The SMILES string of the molecule is Cc1ccc(C)c(-n2c(=O)c3ccccc3n3c(=S)n(CN4CCCCC4)nc23)c1. The summed E-state index contributed by atoms with van der Waals surface area (Å²) in [6.07, 6.45) is 3.69. The Hall–Kier alpha value is -2.77. The summed E-state index contributed by atoms with van der Waals surface area (Å²) >= 11 is 5.86. The van der Waals surface area contributed by atoms with Crippen LogP contribution >= 0.6 is 12.2 Å². The number of nitrogens with zero attached hydrogens (tertiary/aromatic N) is 5. The lowest BCUT2D eigenvalue weighted by Crippen LogP contribution is -2.32. The Bertz CT molecular complexity index is 1370. The minimum absolute atomic E-state index is 0.0723. The van der Waals surface area contributed by atoms with E-state index in [2.05, 4.69) is 11.0 Å². The molecular weight excluding hydrogens is 394 g/mol. The Balaban J connectivity index is 1.83. The van der Waals surface area contributed by atoms with Crippen molar-refractivity contribution in [2.45, 2.75) is 39.8 Å². The van der Waals surface area contributed by atoms with Gasteiger partial charge in [-0.1, -0.05) is 30.7 Å². The Labute approximate surface area is 180 Å². The molecule has 0 radical (unpaired) electrons. The minimum Gasteiger partial charge on any atom is -0.284 e. The molecule has 2 aromatic carbocycles. The Morgan fingerprint density at radius 1 is 1.03 bits per heavy atom. The lowest BCUT2D eigenvalue weighted by molar-refractivity contribution is 0.172. The first-order valence-electron chi connectivity index (χ1n) is 10.5. The van der Waals surface area contributed by atoms with Crippen LogP contribution in [0, 0.1) is 18.6 Å². The number of hydrogen-bond donors (Lipinski definition) is 0. The predicted octanol–water partition coefficient (Wildman–Crippen LogP) is 4.23. The van der Waals surface area contributed by atoms with Crippen molar-refractivity contribution in [3.8, 4) is 5.69 Å². The minimum atomic E-state index is -0.0723. The van der Waals surface area contributed by atoms with Crippen LogP contribution in [0.15, 0.2) is 47.3 Å². The number of rotatable bonds is 3. The lowest BCUT2D eigenvalue weighted by atomic mass is 10.1. The summed E-state index contributed by atoms with van der Waals surface area (Å²) < 4.78 is 6.14. The van der Waals surface area contributed by atoms with Crippen LogP contribution in [0.5, 0.6) is 0 Å². The van der Waals surface area contributed by atoms with Gasteiger partial charge < -0.3 is 0 Å². The van der Waals surface area contributed by atoms with E-state index in [1.165, 1.54) is 19.3 Å². The van der Waals surface area contributed by atoms with E-state index in [-0.39, 0.29) is 5.56 Å².